The molecule has 15 heavy (non-hydrogen) atoms. The van der Waals surface area contributed by atoms with Gasteiger partial charge < -0.3 is 9.47 Å². The van der Waals surface area contributed by atoms with Crippen molar-refractivity contribution >= 4 is 34.8 Å². The van der Waals surface area contributed by atoms with Crippen LogP contribution < -0.4 is 4.74 Å². The third-order valence-electron chi connectivity index (χ3n) is 1.68. The van der Waals surface area contributed by atoms with Crippen LogP contribution in [0.2, 0.25) is 0 Å². The lowest BCUT2D eigenvalue weighted by Crippen LogP contribution is -2.14. The highest BCUT2D eigenvalue weighted by molar-refractivity contribution is 6.66. The van der Waals surface area contributed by atoms with Crippen LogP contribution in [0, 0.1) is 0 Å². The van der Waals surface area contributed by atoms with E-state index in [0.29, 0.717) is 11.4 Å². The van der Waals surface area contributed by atoms with Gasteiger partial charge in [0.2, 0.25) is 9.67 Å². The first-order valence-corrected chi connectivity index (χ1v) is 5.29. The van der Waals surface area contributed by atoms with Crippen molar-refractivity contribution in [2.75, 3.05) is 7.11 Å². The Balaban J connectivity index is 2.84. The van der Waals surface area contributed by atoms with Gasteiger partial charge in [-0.3, -0.25) is 0 Å². The van der Waals surface area contributed by atoms with E-state index in [1.54, 1.807) is 19.1 Å². The molecular weight excluding hydrogens is 260 g/mol. The average molecular weight is 271 g/mol. The number of pyridine rings is 1. The molecule has 0 aliphatic carbocycles. The van der Waals surface area contributed by atoms with Crippen molar-refractivity contribution in [2.24, 2.45) is 0 Å². The largest absolute Gasteiger partial charge is 0.448 e. The molecule has 1 atom stereocenters. The summed E-state index contributed by atoms with van der Waals surface area (Å²) < 4.78 is 8.73. The monoisotopic (exact) mass is 269 g/mol. The van der Waals surface area contributed by atoms with Gasteiger partial charge in [-0.05, 0) is 13.0 Å². The van der Waals surface area contributed by atoms with Crippen LogP contribution in [0.25, 0.3) is 0 Å². The van der Waals surface area contributed by atoms with Gasteiger partial charge in [0.15, 0.2) is 6.29 Å². The molecule has 0 saturated carbocycles. The van der Waals surface area contributed by atoms with Gasteiger partial charge in [-0.2, -0.15) is 0 Å². The maximum atomic E-state index is 5.72. The van der Waals surface area contributed by atoms with E-state index in [9.17, 15) is 0 Å². The van der Waals surface area contributed by atoms with Crippen molar-refractivity contribution in [3.63, 3.8) is 0 Å². The fraction of sp³-hybridized carbons (Fsp3) is 0.444. The van der Waals surface area contributed by atoms with Gasteiger partial charge in [-0.25, -0.2) is 4.98 Å². The highest BCUT2D eigenvalue weighted by atomic mass is 35.6. The number of halogens is 3. The van der Waals surface area contributed by atoms with E-state index in [4.69, 9.17) is 44.3 Å². The van der Waals surface area contributed by atoms with Crippen LogP contribution in [-0.4, -0.2) is 18.4 Å². The second-order valence-corrected chi connectivity index (χ2v) is 5.08. The predicted octanol–water partition coefficient (Wildman–Crippen LogP) is 3.28. The van der Waals surface area contributed by atoms with Crippen molar-refractivity contribution in [2.45, 2.75) is 17.0 Å². The van der Waals surface area contributed by atoms with Crippen molar-refractivity contribution in [3.05, 3.63) is 23.9 Å². The van der Waals surface area contributed by atoms with Crippen molar-refractivity contribution in [1.29, 1.82) is 0 Å². The number of aromatic nitrogens is 1. The molecule has 0 aliphatic rings. The number of nitrogens with zero attached hydrogens (tertiary/aromatic N) is 1. The lowest BCUT2D eigenvalue weighted by molar-refractivity contribution is -0.0410. The lowest BCUT2D eigenvalue weighted by atomic mass is 10.3. The second kappa shape index (κ2) is 5.21. The lowest BCUT2D eigenvalue weighted by Gasteiger charge is -2.14. The Hall–Kier alpha value is -0.220. The van der Waals surface area contributed by atoms with Gasteiger partial charge in [0.25, 0.3) is 0 Å². The summed E-state index contributed by atoms with van der Waals surface area (Å²) in [5, 5.41) is 0. The molecule has 84 valence electrons. The molecule has 0 aromatic carbocycles. The summed E-state index contributed by atoms with van der Waals surface area (Å²) >= 11 is 17.2. The molecular formula is C9H10Cl3NO2. The number of methoxy groups -OCH3 is 1. The normalized spacial score (nSPS) is 13.7. The highest BCUT2D eigenvalue weighted by Gasteiger charge is 2.23. The van der Waals surface area contributed by atoms with Gasteiger partial charge in [-0.1, -0.05) is 34.8 Å². The Morgan fingerprint density at radius 2 is 2.07 bits per heavy atom. The highest BCUT2D eigenvalue weighted by Crippen LogP contribution is 2.38. The molecule has 1 unspecified atom stereocenters. The van der Waals surface area contributed by atoms with Gasteiger partial charge in [0, 0.05) is 24.9 Å². The van der Waals surface area contributed by atoms with Crippen LogP contribution in [0.4, 0.5) is 0 Å². The van der Waals surface area contributed by atoms with Crippen LogP contribution in [-0.2, 0) is 8.53 Å². The Morgan fingerprint density at radius 1 is 1.40 bits per heavy atom. The van der Waals surface area contributed by atoms with E-state index in [0.717, 1.165) is 0 Å². The Kier molecular flexibility index (Phi) is 4.46. The minimum atomic E-state index is -1.47. The first kappa shape index (κ1) is 12.8. The zero-order chi connectivity index (χ0) is 11.5. The minimum Gasteiger partial charge on any atom is -0.448 e. The molecule has 0 N–H and O–H groups in total. The van der Waals surface area contributed by atoms with Crippen molar-refractivity contribution in [1.82, 2.24) is 4.98 Å². The number of hydrogen-bond acceptors (Lipinski definition) is 3. The summed E-state index contributed by atoms with van der Waals surface area (Å²) in [7, 11) is 1.53. The summed E-state index contributed by atoms with van der Waals surface area (Å²) in [5.74, 6) is 0.355. The smallest absolute Gasteiger partial charge is 0.216 e. The fourth-order valence-corrected chi connectivity index (χ4v) is 1.22. The average Bonchev–Trinajstić information content (AvgIpc) is 2.17. The van der Waals surface area contributed by atoms with Gasteiger partial charge in [-0.15, -0.1) is 0 Å². The summed E-state index contributed by atoms with van der Waals surface area (Å²) in [6.45, 7) is 1.74. The minimum absolute atomic E-state index is 0.355. The third kappa shape index (κ3) is 4.03. The van der Waals surface area contributed by atoms with Crippen molar-refractivity contribution < 1.29 is 9.47 Å². The first-order valence-electron chi connectivity index (χ1n) is 4.16. The number of alkyl halides is 3. The number of rotatable bonds is 3. The Labute approximate surface area is 103 Å². The summed E-state index contributed by atoms with van der Waals surface area (Å²) in [4.78, 5) is 3.96. The fourth-order valence-electron chi connectivity index (χ4n) is 0.868. The molecule has 1 aromatic rings. The SMILES string of the molecule is COC(C)Oc1cc(C(Cl)(Cl)Cl)ccn1. The maximum absolute atomic E-state index is 5.72. The Bertz CT molecular complexity index is 327. The van der Waals surface area contributed by atoms with Crippen LogP contribution in [0.1, 0.15) is 12.5 Å². The van der Waals surface area contributed by atoms with Crippen LogP contribution >= 0.6 is 34.8 Å². The first-order chi connectivity index (χ1) is 6.93. The molecule has 0 spiro atoms. The Morgan fingerprint density at radius 3 is 2.60 bits per heavy atom. The van der Waals surface area contributed by atoms with Crippen LogP contribution in [0.15, 0.2) is 18.3 Å². The number of hydrogen-bond donors (Lipinski definition) is 0. The van der Waals surface area contributed by atoms with E-state index in [1.165, 1.54) is 13.3 Å². The molecule has 0 radical (unpaired) electrons. The van der Waals surface area contributed by atoms with E-state index in [-0.39, 0.29) is 0 Å². The van der Waals surface area contributed by atoms with Gasteiger partial charge >= 0.3 is 0 Å². The number of ether oxygens (including phenoxy) is 2. The van der Waals surface area contributed by atoms with Gasteiger partial charge in [0.1, 0.15) is 0 Å². The van der Waals surface area contributed by atoms with E-state index in [1.807, 2.05) is 0 Å². The van der Waals surface area contributed by atoms with Crippen LogP contribution in [0.3, 0.4) is 0 Å². The summed E-state index contributed by atoms with van der Waals surface area (Å²) in [6, 6.07) is 3.17. The molecule has 1 heterocycles. The van der Waals surface area contributed by atoms with E-state index >= 15 is 0 Å². The summed E-state index contributed by atoms with van der Waals surface area (Å²) in [5.41, 5.74) is 0.501. The summed E-state index contributed by atoms with van der Waals surface area (Å²) in [6.07, 6.45) is 1.11. The third-order valence-corrected chi connectivity index (χ3v) is 2.34. The molecule has 6 heteroatoms. The molecule has 0 aliphatic heterocycles. The molecule has 0 bridgehead atoms. The topological polar surface area (TPSA) is 31.4 Å². The maximum Gasteiger partial charge on any atom is 0.216 e. The van der Waals surface area contributed by atoms with Crippen LogP contribution in [0.5, 0.6) is 5.88 Å². The zero-order valence-corrected chi connectivity index (χ0v) is 10.5. The standard InChI is InChI=1S/C9H10Cl3NO2/c1-6(14-2)15-8-5-7(3-4-13-8)9(10,11)12/h3-6H,1-2H3. The zero-order valence-electron chi connectivity index (χ0n) is 8.21. The second-order valence-electron chi connectivity index (χ2n) is 2.80. The van der Waals surface area contributed by atoms with E-state index < -0.39 is 10.1 Å². The van der Waals surface area contributed by atoms with Crippen molar-refractivity contribution in [3.8, 4) is 5.88 Å². The molecule has 1 rings (SSSR count). The quantitative estimate of drug-likeness (QED) is 0.624. The van der Waals surface area contributed by atoms with E-state index in [2.05, 4.69) is 4.98 Å². The predicted molar refractivity (Wildman–Crippen MR) is 60.6 cm³/mol. The molecule has 0 saturated heterocycles. The molecule has 0 amide bonds. The molecule has 1 aromatic heterocycles. The molecule has 0 fully saturated rings. The van der Waals surface area contributed by atoms with Gasteiger partial charge in [0.05, 0.1) is 0 Å². The molecule has 3 nitrogen and oxygen atoms in total.